The molecule has 1 atom stereocenters. The lowest BCUT2D eigenvalue weighted by atomic mass is 9.81. The van der Waals surface area contributed by atoms with Crippen molar-refractivity contribution in [2.24, 2.45) is 11.3 Å². The highest BCUT2D eigenvalue weighted by Crippen LogP contribution is 2.44. The molecule has 4 nitrogen and oxygen atoms in total. The van der Waals surface area contributed by atoms with Gasteiger partial charge in [-0.15, -0.1) is 11.3 Å². The number of hydrogen-bond acceptors (Lipinski definition) is 4. The topological polar surface area (TPSA) is 64.9 Å². The van der Waals surface area contributed by atoms with Gasteiger partial charge >= 0.3 is 0 Å². The van der Waals surface area contributed by atoms with Crippen LogP contribution < -0.4 is 10.6 Å². The van der Waals surface area contributed by atoms with Crippen LogP contribution in [0.25, 0.3) is 0 Å². The van der Waals surface area contributed by atoms with Crippen molar-refractivity contribution in [3.8, 4) is 6.07 Å². The summed E-state index contributed by atoms with van der Waals surface area (Å²) in [4.78, 5) is 13.8. The van der Waals surface area contributed by atoms with E-state index in [0.29, 0.717) is 5.56 Å². The second-order valence-corrected chi connectivity index (χ2v) is 7.77. The first-order valence-corrected chi connectivity index (χ1v) is 8.41. The van der Waals surface area contributed by atoms with Crippen molar-refractivity contribution in [2.75, 3.05) is 11.9 Å². The van der Waals surface area contributed by atoms with Crippen molar-refractivity contribution >= 4 is 22.2 Å². The summed E-state index contributed by atoms with van der Waals surface area (Å²) in [5, 5.41) is 16.5. The smallest absolute Gasteiger partial charge is 0.228 e. The molecule has 1 aliphatic carbocycles. The monoisotopic (exact) mass is 303 g/mol. The molecule has 1 aromatic rings. The third kappa shape index (κ3) is 2.58. The van der Waals surface area contributed by atoms with E-state index in [1.54, 1.807) is 11.3 Å². The molecule has 1 aliphatic heterocycles. The van der Waals surface area contributed by atoms with Gasteiger partial charge in [-0.1, -0.05) is 20.3 Å². The van der Waals surface area contributed by atoms with Gasteiger partial charge in [0.25, 0.3) is 0 Å². The average molecular weight is 303 g/mol. The maximum Gasteiger partial charge on any atom is 0.228 e. The van der Waals surface area contributed by atoms with Crippen LogP contribution in [0.5, 0.6) is 0 Å². The number of nitriles is 1. The van der Waals surface area contributed by atoms with Crippen molar-refractivity contribution in [1.82, 2.24) is 5.32 Å². The van der Waals surface area contributed by atoms with Gasteiger partial charge < -0.3 is 10.6 Å². The van der Waals surface area contributed by atoms with Gasteiger partial charge in [-0.25, -0.2) is 0 Å². The first-order chi connectivity index (χ1) is 10.0. The molecule has 0 radical (unpaired) electrons. The Balaban J connectivity index is 1.84. The van der Waals surface area contributed by atoms with E-state index < -0.39 is 0 Å². The lowest BCUT2D eigenvalue weighted by Crippen LogP contribution is -2.30. The van der Waals surface area contributed by atoms with Gasteiger partial charge in [0.15, 0.2) is 0 Å². The summed E-state index contributed by atoms with van der Waals surface area (Å²) in [5.41, 5.74) is 1.87. The summed E-state index contributed by atoms with van der Waals surface area (Å²) in [7, 11) is 0. The molecule has 2 heterocycles. The van der Waals surface area contributed by atoms with Gasteiger partial charge in [-0.3, -0.25) is 4.79 Å². The van der Waals surface area contributed by atoms with Crippen LogP contribution in [-0.2, 0) is 17.8 Å². The van der Waals surface area contributed by atoms with Crippen molar-refractivity contribution < 1.29 is 4.79 Å². The van der Waals surface area contributed by atoms with E-state index >= 15 is 0 Å². The highest BCUT2D eigenvalue weighted by Gasteiger charge is 2.39. The summed E-state index contributed by atoms with van der Waals surface area (Å²) in [6, 6.07) is 2.29. The van der Waals surface area contributed by atoms with E-state index in [9.17, 15) is 10.1 Å². The van der Waals surface area contributed by atoms with E-state index in [0.717, 1.165) is 49.3 Å². The third-order valence-electron chi connectivity index (χ3n) is 4.85. The molecule has 2 aliphatic rings. The predicted octanol–water partition coefficient (Wildman–Crippen LogP) is 3.03. The van der Waals surface area contributed by atoms with Gasteiger partial charge in [0.2, 0.25) is 5.91 Å². The average Bonchev–Trinajstić information content (AvgIpc) is 2.97. The molecule has 1 fully saturated rings. The van der Waals surface area contributed by atoms with Gasteiger partial charge in [-0.05, 0) is 36.8 Å². The zero-order valence-corrected chi connectivity index (χ0v) is 13.4. The zero-order chi connectivity index (χ0) is 15.0. The van der Waals surface area contributed by atoms with E-state index in [1.807, 2.05) is 0 Å². The molecule has 1 aromatic heterocycles. The SMILES string of the molecule is CC1(C)CCCC1C(=O)Nc1sc2c(c1C#N)CCNC2. The van der Waals surface area contributed by atoms with Crippen LogP contribution in [-0.4, -0.2) is 12.5 Å². The van der Waals surface area contributed by atoms with Crippen LogP contribution in [0.15, 0.2) is 0 Å². The highest BCUT2D eigenvalue weighted by atomic mass is 32.1. The second kappa shape index (κ2) is 5.43. The number of fused-ring (bicyclic) bond motifs is 1. The van der Waals surface area contributed by atoms with Gasteiger partial charge in [-0.2, -0.15) is 5.26 Å². The molecule has 0 spiro atoms. The summed E-state index contributed by atoms with van der Waals surface area (Å²) < 4.78 is 0. The number of hydrogen-bond donors (Lipinski definition) is 2. The molecule has 0 bridgehead atoms. The molecular formula is C16H21N3OS. The maximum atomic E-state index is 12.6. The molecule has 21 heavy (non-hydrogen) atoms. The minimum absolute atomic E-state index is 0.0568. The Bertz CT molecular complexity index is 612. The summed E-state index contributed by atoms with van der Waals surface area (Å²) >= 11 is 1.56. The van der Waals surface area contributed by atoms with Crippen LogP contribution in [0.2, 0.25) is 0 Å². The number of nitrogens with one attached hydrogen (secondary N) is 2. The number of anilines is 1. The number of carbonyl (C=O) groups is 1. The fraction of sp³-hybridized carbons (Fsp3) is 0.625. The van der Waals surface area contributed by atoms with E-state index in [-0.39, 0.29) is 17.2 Å². The summed E-state index contributed by atoms with van der Waals surface area (Å²) in [5.74, 6) is 0.141. The molecule has 112 valence electrons. The number of rotatable bonds is 2. The Morgan fingerprint density at radius 3 is 3.00 bits per heavy atom. The minimum atomic E-state index is 0.0568. The maximum absolute atomic E-state index is 12.6. The van der Waals surface area contributed by atoms with E-state index in [1.165, 1.54) is 4.88 Å². The predicted molar refractivity (Wildman–Crippen MR) is 84.2 cm³/mol. The minimum Gasteiger partial charge on any atom is -0.316 e. The van der Waals surface area contributed by atoms with Crippen LogP contribution in [0.4, 0.5) is 5.00 Å². The molecular weight excluding hydrogens is 282 g/mol. The van der Waals surface area contributed by atoms with Crippen molar-refractivity contribution in [1.29, 1.82) is 5.26 Å². The summed E-state index contributed by atoms with van der Waals surface area (Å²) in [6.45, 7) is 6.04. The number of thiophene rings is 1. The standard InChI is InChI=1S/C16H21N3OS/c1-16(2)6-3-4-12(16)14(20)19-15-11(8-17)10-5-7-18-9-13(10)21-15/h12,18H,3-7,9H2,1-2H3,(H,19,20). The van der Waals surface area contributed by atoms with Crippen molar-refractivity contribution in [3.63, 3.8) is 0 Å². The Labute approximate surface area is 129 Å². The highest BCUT2D eigenvalue weighted by molar-refractivity contribution is 7.16. The Morgan fingerprint density at radius 2 is 2.33 bits per heavy atom. The first kappa shape index (κ1) is 14.6. The summed E-state index contributed by atoms with van der Waals surface area (Å²) in [6.07, 6.45) is 4.04. The van der Waals surface area contributed by atoms with Crippen molar-refractivity contribution in [2.45, 2.75) is 46.1 Å². The van der Waals surface area contributed by atoms with E-state index in [2.05, 4.69) is 30.6 Å². The van der Waals surface area contributed by atoms with Crippen LogP contribution in [0, 0.1) is 22.7 Å². The fourth-order valence-electron chi connectivity index (χ4n) is 3.55. The largest absolute Gasteiger partial charge is 0.316 e. The molecule has 2 N–H and O–H groups in total. The third-order valence-corrected chi connectivity index (χ3v) is 6.00. The lowest BCUT2D eigenvalue weighted by molar-refractivity contribution is -0.122. The molecule has 5 heteroatoms. The van der Waals surface area contributed by atoms with Crippen LogP contribution >= 0.6 is 11.3 Å². The number of amides is 1. The first-order valence-electron chi connectivity index (χ1n) is 7.59. The number of nitrogens with zero attached hydrogens (tertiary/aromatic N) is 1. The Morgan fingerprint density at radius 1 is 1.52 bits per heavy atom. The quantitative estimate of drug-likeness (QED) is 0.882. The molecule has 0 aromatic carbocycles. The molecule has 0 saturated heterocycles. The van der Waals surface area contributed by atoms with Gasteiger partial charge in [0.05, 0.1) is 5.56 Å². The fourth-order valence-corrected chi connectivity index (χ4v) is 4.72. The zero-order valence-electron chi connectivity index (χ0n) is 12.6. The van der Waals surface area contributed by atoms with Crippen LogP contribution in [0.3, 0.4) is 0 Å². The number of carbonyl (C=O) groups excluding carboxylic acids is 1. The Kier molecular flexibility index (Phi) is 3.76. The van der Waals surface area contributed by atoms with Crippen LogP contribution in [0.1, 0.15) is 49.1 Å². The lowest BCUT2D eigenvalue weighted by Gasteiger charge is -2.25. The second-order valence-electron chi connectivity index (χ2n) is 6.67. The Hall–Kier alpha value is -1.38. The molecule has 1 amide bonds. The molecule has 1 saturated carbocycles. The molecule has 3 rings (SSSR count). The van der Waals surface area contributed by atoms with Gasteiger partial charge in [0, 0.05) is 17.3 Å². The molecule has 1 unspecified atom stereocenters. The van der Waals surface area contributed by atoms with Crippen molar-refractivity contribution in [3.05, 3.63) is 16.0 Å². The van der Waals surface area contributed by atoms with E-state index in [4.69, 9.17) is 0 Å². The van der Waals surface area contributed by atoms with Gasteiger partial charge in [0.1, 0.15) is 11.1 Å². The normalized spacial score (nSPS) is 23.4.